The molecule has 0 saturated carbocycles. The predicted molar refractivity (Wildman–Crippen MR) is 100 cm³/mol. The van der Waals surface area contributed by atoms with Crippen molar-refractivity contribution in [3.05, 3.63) is 69.7 Å². The lowest BCUT2D eigenvalue weighted by Crippen LogP contribution is -2.36. The van der Waals surface area contributed by atoms with Crippen LogP contribution in [0.15, 0.2) is 53.0 Å². The van der Waals surface area contributed by atoms with Gasteiger partial charge in [0.1, 0.15) is 6.61 Å². The van der Waals surface area contributed by atoms with Crippen LogP contribution in [0.2, 0.25) is 0 Å². The summed E-state index contributed by atoms with van der Waals surface area (Å²) >= 11 is 3.37. The van der Waals surface area contributed by atoms with E-state index in [1.165, 1.54) is 0 Å². The van der Waals surface area contributed by atoms with E-state index in [1.54, 1.807) is 24.3 Å². The minimum Gasteiger partial charge on any atom is -0.367 e. The van der Waals surface area contributed by atoms with E-state index in [-0.39, 0.29) is 18.7 Å². The standard InChI is InChI=1S/C19H20BrF3N2O2/c1-13(16-6-8-17(20)9-7-16)25-18(26)24-10-14-2-4-15(5-3-14)11-27-12-19(21,22)23/h2-9,13H,10-12H2,1H3,(H2,24,25,26). The molecule has 0 saturated heterocycles. The minimum absolute atomic E-state index is 0.113. The van der Waals surface area contributed by atoms with E-state index in [0.29, 0.717) is 12.1 Å². The van der Waals surface area contributed by atoms with Crippen LogP contribution in [0.3, 0.4) is 0 Å². The maximum atomic E-state index is 12.0. The van der Waals surface area contributed by atoms with E-state index in [0.717, 1.165) is 15.6 Å². The van der Waals surface area contributed by atoms with Gasteiger partial charge in [-0.25, -0.2) is 4.79 Å². The molecule has 4 nitrogen and oxygen atoms in total. The van der Waals surface area contributed by atoms with E-state index >= 15 is 0 Å². The normalized spacial score (nSPS) is 12.5. The van der Waals surface area contributed by atoms with Crippen LogP contribution in [0, 0.1) is 0 Å². The first kappa shape index (κ1) is 21.2. The molecule has 8 heteroatoms. The number of hydrogen-bond donors (Lipinski definition) is 2. The Hall–Kier alpha value is -2.06. The fourth-order valence-electron chi connectivity index (χ4n) is 2.30. The molecule has 2 N–H and O–H groups in total. The molecule has 0 aromatic heterocycles. The molecule has 27 heavy (non-hydrogen) atoms. The van der Waals surface area contributed by atoms with Gasteiger partial charge < -0.3 is 15.4 Å². The van der Waals surface area contributed by atoms with Gasteiger partial charge in [-0.2, -0.15) is 13.2 Å². The zero-order chi connectivity index (χ0) is 19.9. The average Bonchev–Trinajstić information content (AvgIpc) is 2.60. The smallest absolute Gasteiger partial charge is 0.367 e. The molecule has 0 aliphatic rings. The van der Waals surface area contributed by atoms with Gasteiger partial charge in [0.15, 0.2) is 0 Å². The maximum Gasteiger partial charge on any atom is 0.411 e. The largest absolute Gasteiger partial charge is 0.411 e. The number of carbonyl (C=O) groups is 1. The van der Waals surface area contributed by atoms with Crippen molar-refractivity contribution in [1.29, 1.82) is 0 Å². The highest BCUT2D eigenvalue weighted by Gasteiger charge is 2.27. The fourth-order valence-corrected chi connectivity index (χ4v) is 2.57. The fraction of sp³-hybridized carbons (Fsp3) is 0.316. The maximum absolute atomic E-state index is 12.0. The molecule has 0 aliphatic heterocycles. The van der Waals surface area contributed by atoms with Crippen LogP contribution in [-0.4, -0.2) is 18.8 Å². The van der Waals surface area contributed by atoms with Crippen molar-refractivity contribution in [3.63, 3.8) is 0 Å². The van der Waals surface area contributed by atoms with Crippen LogP contribution in [0.4, 0.5) is 18.0 Å². The van der Waals surface area contributed by atoms with Crippen LogP contribution < -0.4 is 10.6 Å². The number of benzene rings is 2. The second-order valence-electron chi connectivity index (χ2n) is 6.02. The molecule has 0 spiro atoms. The van der Waals surface area contributed by atoms with Gasteiger partial charge in [0.2, 0.25) is 0 Å². The Morgan fingerprint density at radius 1 is 1.07 bits per heavy atom. The highest BCUT2D eigenvalue weighted by Crippen LogP contribution is 2.17. The van der Waals surface area contributed by atoms with Gasteiger partial charge in [-0.1, -0.05) is 52.3 Å². The van der Waals surface area contributed by atoms with Crippen molar-refractivity contribution < 1.29 is 22.7 Å². The van der Waals surface area contributed by atoms with E-state index in [1.807, 2.05) is 31.2 Å². The van der Waals surface area contributed by atoms with Crippen LogP contribution in [0.5, 0.6) is 0 Å². The van der Waals surface area contributed by atoms with Crippen molar-refractivity contribution in [3.8, 4) is 0 Å². The summed E-state index contributed by atoms with van der Waals surface area (Å²) in [5.41, 5.74) is 2.45. The van der Waals surface area contributed by atoms with Crippen LogP contribution in [-0.2, 0) is 17.9 Å². The number of amides is 2. The number of carbonyl (C=O) groups excluding carboxylic acids is 1. The summed E-state index contributed by atoms with van der Waals surface area (Å²) in [5, 5.41) is 5.60. The lowest BCUT2D eigenvalue weighted by atomic mass is 10.1. The average molecular weight is 445 g/mol. The number of nitrogens with one attached hydrogen (secondary N) is 2. The SMILES string of the molecule is CC(NC(=O)NCc1ccc(COCC(F)(F)F)cc1)c1ccc(Br)cc1. The highest BCUT2D eigenvalue weighted by molar-refractivity contribution is 9.10. The van der Waals surface area contributed by atoms with Gasteiger partial charge in [-0.3, -0.25) is 0 Å². The van der Waals surface area contributed by atoms with Gasteiger partial charge in [0.05, 0.1) is 12.6 Å². The Bertz CT molecular complexity index is 734. The van der Waals surface area contributed by atoms with Crippen molar-refractivity contribution in [1.82, 2.24) is 10.6 Å². The molecule has 0 radical (unpaired) electrons. The molecule has 146 valence electrons. The summed E-state index contributed by atoms with van der Waals surface area (Å²) in [6, 6.07) is 14.1. The van der Waals surface area contributed by atoms with Crippen molar-refractivity contribution >= 4 is 22.0 Å². The molecule has 0 bridgehead atoms. The number of ether oxygens (including phenoxy) is 1. The molecule has 1 atom stereocenters. The minimum atomic E-state index is -4.33. The van der Waals surface area contributed by atoms with Crippen molar-refractivity contribution in [2.45, 2.75) is 32.3 Å². The Morgan fingerprint density at radius 3 is 2.26 bits per heavy atom. The molecule has 0 heterocycles. The van der Waals surface area contributed by atoms with Gasteiger partial charge in [-0.15, -0.1) is 0 Å². The van der Waals surface area contributed by atoms with E-state index < -0.39 is 12.8 Å². The van der Waals surface area contributed by atoms with E-state index in [9.17, 15) is 18.0 Å². The molecule has 2 aromatic rings. The van der Waals surface area contributed by atoms with Gasteiger partial charge in [0, 0.05) is 11.0 Å². The Labute approximate surface area is 164 Å². The summed E-state index contributed by atoms with van der Waals surface area (Å²) < 4.78 is 41.7. The third-order valence-electron chi connectivity index (χ3n) is 3.73. The monoisotopic (exact) mass is 444 g/mol. The number of halogens is 4. The zero-order valence-electron chi connectivity index (χ0n) is 14.6. The van der Waals surface area contributed by atoms with Crippen LogP contribution in [0.1, 0.15) is 29.7 Å². The Kier molecular flexibility index (Phi) is 7.67. The molecule has 0 fully saturated rings. The topological polar surface area (TPSA) is 50.4 Å². The van der Waals surface area contributed by atoms with E-state index in [4.69, 9.17) is 0 Å². The second-order valence-corrected chi connectivity index (χ2v) is 6.94. The summed E-state index contributed by atoms with van der Waals surface area (Å²) in [4.78, 5) is 12.0. The number of hydrogen-bond acceptors (Lipinski definition) is 2. The van der Waals surface area contributed by atoms with Crippen LogP contribution >= 0.6 is 15.9 Å². The Morgan fingerprint density at radius 2 is 1.67 bits per heavy atom. The Balaban J connectivity index is 1.75. The van der Waals surface area contributed by atoms with Crippen molar-refractivity contribution in [2.75, 3.05) is 6.61 Å². The lowest BCUT2D eigenvalue weighted by molar-refractivity contribution is -0.176. The molecule has 2 aromatic carbocycles. The zero-order valence-corrected chi connectivity index (χ0v) is 16.2. The summed E-state index contributed by atoms with van der Waals surface area (Å²) in [6.07, 6.45) is -4.33. The highest BCUT2D eigenvalue weighted by atomic mass is 79.9. The first-order valence-corrected chi connectivity index (χ1v) is 9.04. The number of rotatable bonds is 7. The van der Waals surface area contributed by atoms with E-state index in [2.05, 4.69) is 31.3 Å². The van der Waals surface area contributed by atoms with Crippen LogP contribution in [0.25, 0.3) is 0 Å². The first-order valence-electron chi connectivity index (χ1n) is 8.25. The third-order valence-corrected chi connectivity index (χ3v) is 4.26. The lowest BCUT2D eigenvalue weighted by Gasteiger charge is -2.15. The summed E-state index contributed by atoms with van der Waals surface area (Å²) in [6.45, 7) is 0.812. The molecule has 1 unspecified atom stereocenters. The quantitative estimate of drug-likeness (QED) is 0.624. The summed E-state index contributed by atoms with van der Waals surface area (Å²) in [5.74, 6) is 0. The third kappa shape index (κ3) is 8.01. The van der Waals surface area contributed by atoms with Gasteiger partial charge in [0.25, 0.3) is 0 Å². The number of urea groups is 1. The first-order chi connectivity index (χ1) is 12.7. The molecule has 2 rings (SSSR count). The predicted octanol–water partition coefficient (Wildman–Crippen LogP) is 5.09. The molecular formula is C19H20BrF3N2O2. The van der Waals surface area contributed by atoms with Crippen molar-refractivity contribution in [2.24, 2.45) is 0 Å². The molecule has 2 amide bonds. The molecule has 0 aliphatic carbocycles. The summed E-state index contributed by atoms with van der Waals surface area (Å²) in [7, 11) is 0. The van der Waals surface area contributed by atoms with Gasteiger partial charge in [-0.05, 0) is 35.7 Å². The molecular weight excluding hydrogens is 425 g/mol. The number of alkyl halides is 3. The second kappa shape index (κ2) is 9.75. The van der Waals surface area contributed by atoms with Gasteiger partial charge >= 0.3 is 12.2 Å².